The molecule has 1 aromatic carbocycles. The zero-order chi connectivity index (χ0) is 14.7. The lowest BCUT2D eigenvalue weighted by atomic mass is 10.2. The first-order valence-electron chi connectivity index (χ1n) is 5.78. The second-order valence-electron chi connectivity index (χ2n) is 4.11. The summed E-state index contributed by atoms with van der Waals surface area (Å²) in [5.41, 5.74) is 1.74. The van der Waals surface area contributed by atoms with Crippen LogP contribution in [0.3, 0.4) is 0 Å². The number of halogens is 2. The number of carbonyl (C=O) groups excluding carboxylic acids is 1. The van der Waals surface area contributed by atoms with Crippen molar-refractivity contribution in [2.45, 2.75) is 6.92 Å². The van der Waals surface area contributed by atoms with Gasteiger partial charge in [0.2, 0.25) is 0 Å². The largest absolute Gasteiger partial charge is 0.496 e. The van der Waals surface area contributed by atoms with Crippen molar-refractivity contribution in [3.63, 3.8) is 0 Å². The summed E-state index contributed by atoms with van der Waals surface area (Å²) in [4.78, 5) is 16.2. The third-order valence-electron chi connectivity index (χ3n) is 2.64. The van der Waals surface area contributed by atoms with Crippen molar-refractivity contribution in [3.05, 3.63) is 51.2 Å². The molecule has 0 aliphatic heterocycles. The summed E-state index contributed by atoms with van der Waals surface area (Å²) in [6.45, 7) is 1.81. The van der Waals surface area contributed by atoms with E-state index in [0.717, 1.165) is 10.2 Å². The number of hydrogen-bond donors (Lipinski definition) is 1. The summed E-state index contributed by atoms with van der Waals surface area (Å²) >= 11 is 9.40. The average Bonchev–Trinajstić information content (AvgIpc) is 2.38. The van der Waals surface area contributed by atoms with Gasteiger partial charge in [0.15, 0.2) is 0 Å². The maximum absolute atomic E-state index is 12.1. The summed E-state index contributed by atoms with van der Waals surface area (Å²) in [5.74, 6) is 0.387. The molecule has 0 aliphatic carbocycles. The summed E-state index contributed by atoms with van der Waals surface area (Å²) in [6, 6.07) is 6.92. The number of ether oxygens (including phenoxy) is 1. The molecular weight excluding hydrogens is 344 g/mol. The van der Waals surface area contributed by atoms with Gasteiger partial charge in [-0.2, -0.15) is 0 Å². The smallest absolute Gasteiger partial charge is 0.258 e. The van der Waals surface area contributed by atoms with Crippen LogP contribution in [0.2, 0.25) is 5.02 Å². The highest BCUT2D eigenvalue weighted by Gasteiger charge is 2.12. The Morgan fingerprint density at radius 1 is 1.40 bits per heavy atom. The van der Waals surface area contributed by atoms with E-state index in [1.807, 2.05) is 6.92 Å². The van der Waals surface area contributed by atoms with Crippen LogP contribution in [0.25, 0.3) is 0 Å². The Hall–Kier alpha value is -1.59. The zero-order valence-electron chi connectivity index (χ0n) is 10.9. The van der Waals surface area contributed by atoms with E-state index in [2.05, 4.69) is 26.2 Å². The Kier molecular flexibility index (Phi) is 4.62. The molecule has 1 aromatic heterocycles. The minimum atomic E-state index is -0.306. The molecule has 0 unspecified atom stereocenters. The molecule has 1 N–H and O–H groups in total. The molecule has 1 amide bonds. The van der Waals surface area contributed by atoms with Crippen LogP contribution in [0.1, 0.15) is 16.1 Å². The lowest BCUT2D eigenvalue weighted by Crippen LogP contribution is -2.13. The van der Waals surface area contributed by atoms with Crippen LogP contribution in [0, 0.1) is 6.92 Å². The Bertz CT molecular complexity index is 662. The van der Waals surface area contributed by atoms with Crippen molar-refractivity contribution in [3.8, 4) is 5.75 Å². The minimum Gasteiger partial charge on any atom is -0.496 e. The van der Waals surface area contributed by atoms with Gasteiger partial charge in [-0.05, 0) is 47.1 Å². The molecule has 0 saturated carbocycles. The molecule has 0 spiro atoms. The van der Waals surface area contributed by atoms with E-state index < -0.39 is 0 Å². The number of anilines is 1. The Morgan fingerprint density at radius 2 is 2.15 bits per heavy atom. The summed E-state index contributed by atoms with van der Waals surface area (Å²) in [6.07, 6.45) is 1.46. The van der Waals surface area contributed by atoms with Crippen LogP contribution in [0.15, 0.2) is 34.9 Å². The van der Waals surface area contributed by atoms with Gasteiger partial charge >= 0.3 is 0 Å². The molecule has 104 valence electrons. The van der Waals surface area contributed by atoms with Gasteiger partial charge in [0.25, 0.3) is 5.91 Å². The molecule has 0 aliphatic rings. The fourth-order valence-electron chi connectivity index (χ4n) is 1.64. The van der Waals surface area contributed by atoms with E-state index in [0.29, 0.717) is 22.0 Å². The van der Waals surface area contributed by atoms with Gasteiger partial charge in [0.05, 0.1) is 22.2 Å². The average molecular weight is 356 g/mol. The first-order valence-corrected chi connectivity index (χ1v) is 6.95. The van der Waals surface area contributed by atoms with Gasteiger partial charge < -0.3 is 10.1 Å². The van der Waals surface area contributed by atoms with Gasteiger partial charge in [0, 0.05) is 17.6 Å². The molecular formula is C14H12BrClN2O2. The van der Waals surface area contributed by atoms with Crippen molar-refractivity contribution in [1.29, 1.82) is 0 Å². The number of nitrogens with zero attached hydrogens (tertiary/aromatic N) is 1. The predicted octanol–water partition coefficient (Wildman–Crippen LogP) is 4.07. The number of rotatable bonds is 3. The number of amides is 1. The van der Waals surface area contributed by atoms with Crippen LogP contribution in [0.5, 0.6) is 5.75 Å². The van der Waals surface area contributed by atoms with Gasteiger partial charge in [-0.25, -0.2) is 0 Å². The van der Waals surface area contributed by atoms with Crippen molar-refractivity contribution in [2.75, 3.05) is 12.4 Å². The van der Waals surface area contributed by atoms with Crippen molar-refractivity contribution in [2.24, 2.45) is 0 Å². The molecule has 2 rings (SSSR count). The molecule has 0 atom stereocenters. The van der Waals surface area contributed by atoms with Gasteiger partial charge in [0.1, 0.15) is 5.75 Å². The van der Waals surface area contributed by atoms with E-state index in [4.69, 9.17) is 16.3 Å². The molecule has 0 bridgehead atoms. The molecule has 6 heteroatoms. The monoisotopic (exact) mass is 354 g/mol. The SMILES string of the molecule is COc1ccc(NC(=O)c2cnc(C)cc2Cl)cc1Br. The Morgan fingerprint density at radius 3 is 2.75 bits per heavy atom. The lowest BCUT2D eigenvalue weighted by molar-refractivity contribution is 0.102. The Labute approximate surface area is 130 Å². The molecule has 0 fully saturated rings. The summed E-state index contributed by atoms with van der Waals surface area (Å²) in [5, 5.41) is 3.14. The Balaban J connectivity index is 2.21. The summed E-state index contributed by atoms with van der Waals surface area (Å²) in [7, 11) is 1.58. The number of methoxy groups -OCH3 is 1. The normalized spacial score (nSPS) is 10.2. The number of hydrogen-bond acceptors (Lipinski definition) is 3. The van der Waals surface area contributed by atoms with Crippen LogP contribution < -0.4 is 10.1 Å². The number of benzene rings is 1. The third kappa shape index (κ3) is 3.29. The van der Waals surface area contributed by atoms with Gasteiger partial charge in [-0.1, -0.05) is 11.6 Å². The second-order valence-corrected chi connectivity index (χ2v) is 5.37. The highest BCUT2D eigenvalue weighted by atomic mass is 79.9. The highest BCUT2D eigenvalue weighted by molar-refractivity contribution is 9.10. The van der Waals surface area contributed by atoms with E-state index in [9.17, 15) is 4.79 Å². The van der Waals surface area contributed by atoms with Crippen molar-refractivity contribution in [1.82, 2.24) is 4.98 Å². The van der Waals surface area contributed by atoms with E-state index in [-0.39, 0.29) is 5.91 Å². The predicted molar refractivity (Wildman–Crippen MR) is 82.6 cm³/mol. The van der Waals surface area contributed by atoms with Crippen molar-refractivity contribution >= 4 is 39.1 Å². The van der Waals surface area contributed by atoms with E-state index in [1.54, 1.807) is 31.4 Å². The highest BCUT2D eigenvalue weighted by Crippen LogP contribution is 2.28. The summed E-state index contributed by atoms with van der Waals surface area (Å²) < 4.78 is 5.89. The molecule has 4 nitrogen and oxygen atoms in total. The molecule has 0 saturated heterocycles. The quantitative estimate of drug-likeness (QED) is 0.903. The number of aromatic nitrogens is 1. The topological polar surface area (TPSA) is 51.2 Å². The molecule has 20 heavy (non-hydrogen) atoms. The van der Waals surface area contributed by atoms with Crippen molar-refractivity contribution < 1.29 is 9.53 Å². The maximum Gasteiger partial charge on any atom is 0.258 e. The molecule has 0 radical (unpaired) electrons. The van der Waals surface area contributed by atoms with Gasteiger partial charge in [-0.15, -0.1) is 0 Å². The molecule has 1 heterocycles. The van der Waals surface area contributed by atoms with Crippen LogP contribution in [0.4, 0.5) is 5.69 Å². The number of carbonyl (C=O) groups is 1. The van der Waals surface area contributed by atoms with Gasteiger partial charge in [-0.3, -0.25) is 9.78 Å². The molecule has 2 aromatic rings. The number of nitrogens with one attached hydrogen (secondary N) is 1. The number of pyridine rings is 1. The van der Waals surface area contributed by atoms with Crippen LogP contribution in [-0.4, -0.2) is 18.0 Å². The fourth-order valence-corrected chi connectivity index (χ4v) is 2.47. The maximum atomic E-state index is 12.1. The fraction of sp³-hybridized carbons (Fsp3) is 0.143. The third-order valence-corrected chi connectivity index (χ3v) is 3.58. The second kappa shape index (κ2) is 6.24. The zero-order valence-corrected chi connectivity index (χ0v) is 13.2. The minimum absolute atomic E-state index is 0.306. The first kappa shape index (κ1) is 14.8. The lowest BCUT2D eigenvalue weighted by Gasteiger charge is -2.09. The van der Waals surface area contributed by atoms with E-state index >= 15 is 0 Å². The van der Waals surface area contributed by atoms with Crippen LogP contribution >= 0.6 is 27.5 Å². The van der Waals surface area contributed by atoms with E-state index in [1.165, 1.54) is 6.20 Å². The standard InChI is InChI=1S/C14H12BrClN2O2/c1-8-5-12(16)10(7-17-8)14(19)18-9-3-4-13(20-2)11(15)6-9/h3-7H,1-2H3,(H,18,19). The van der Waals surface area contributed by atoms with Crippen LogP contribution in [-0.2, 0) is 0 Å². The first-order chi connectivity index (χ1) is 9.51. The number of aryl methyl sites for hydroxylation is 1.